The van der Waals surface area contributed by atoms with Gasteiger partial charge in [0.25, 0.3) is 0 Å². The molecule has 0 radical (unpaired) electrons. The van der Waals surface area contributed by atoms with Gasteiger partial charge in [0.1, 0.15) is 5.69 Å². The van der Waals surface area contributed by atoms with E-state index in [0.717, 1.165) is 23.2 Å². The topological polar surface area (TPSA) is 53.4 Å². The van der Waals surface area contributed by atoms with Gasteiger partial charge in [-0.15, -0.1) is 0 Å². The molecule has 2 heterocycles. The number of carbonyl (C=O) groups is 1. The maximum atomic E-state index is 14.5. The quantitative estimate of drug-likeness (QED) is 0.834. The number of alkyl halides is 5. The number of aliphatic hydroxyl groups excluding tert-OH is 1. The molecule has 0 unspecified atom stereocenters. The second-order valence-corrected chi connectivity index (χ2v) is 5.93. The van der Waals surface area contributed by atoms with Gasteiger partial charge >= 0.3 is 18.0 Å². The van der Waals surface area contributed by atoms with Gasteiger partial charge < -0.3 is 10.0 Å². The zero-order valence-electron chi connectivity index (χ0n) is 13.4. The molecule has 0 fully saturated rings. The van der Waals surface area contributed by atoms with Crippen molar-refractivity contribution in [2.24, 2.45) is 0 Å². The average Bonchev–Trinajstić information content (AvgIpc) is 2.75. The highest BCUT2D eigenvalue weighted by Crippen LogP contribution is 2.47. The van der Waals surface area contributed by atoms with E-state index in [-0.39, 0.29) is 23.4 Å². The Morgan fingerprint density at radius 1 is 1.23 bits per heavy atom. The number of carbonyl (C=O) groups excluding carboxylic acids is 1. The Morgan fingerprint density at radius 3 is 2.46 bits per heavy atom. The minimum Gasteiger partial charge on any atom is -0.389 e. The normalized spacial score (nSPS) is 17.3. The van der Waals surface area contributed by atoms with Crippen LogP contribution in [0.25, 0.3) is 0 Å². The Hall–Kier alpha value is -2.55. The molecule has 0 spiro atoms. The van der Waals surface area contributed by atoms with Gasteiger partial charge in [-0.1, -0.05) is 18.2 Å². The second kappa shape index (κ2) is 6.01. The van der Waals surface area contributed by atoms with Crippen LogP contribution in [0, 0.1) is 0 Å². The number of aromatic nitrogens is 1. The first-order valence-corrected chi connectivity index (χ1v) is 7.57. The average molecular weight is 372 g/mol. The van der Waals surface area contributed by atoms with Crippen molar-refractivity contribution in [1.29, 1.82) is 0 Å². The molecular weight excluding hydrogens is 359 g/mol. The fourth-order valence-electron chi connectivity index (χ4n) is 2.88. The van der Waals surface area contributed by atoms with Crippen molar-refractivity contribution < 1.29 is 31.9 Å². The number of benzene rings is 1. The molecule has 1 atom stereocenters. The molecule has 9 heteroatoms. The summed E-state index contributed by atoms with van der Waals surface area (Å²) in [5.74, 6) is -5.33. The van der Waals surface area contributed by atoms with Crippen molar-refractivity contribution in [2.45, 2.75) is 31.7 Å². The van der Waals surface area contributed by atoms with Gasteiger partial charge in [0.15, 0.2) is 0 Å². The summed E-state index contributed by atoms with van der Waals surface area (Å²) in [5.41, 5.74) is -1.69. The van der Waals surface area contributed by atoms with E-state index in [2.05, 4.69) is 4.98 Å². The smallest absolute Gasteiger partial charge is 0.389 e. The van der Waals surface area contributed by atoms with E-state index in [0.29, 0.717) is 0 Å². The van der Waals surface area contributed by atoms with E-state index < -0.39 is 35.4 Å². The van der Waals surface area contributed by atoms with Crippen LogP contribution in [0.2, 0.25) is 0 Å². The summed E-state index contributed by atoms with van der Waals surface area (Å²) in [7, 11) is 0. The highest BCUT2D eigenvalue weighted by Gasteiger charge is 2.54. The van der Waals surface area contributed by atoms with Crippen molar-refractivity contribution in [2.75, 3.05) is 4.90 Å². The van der Waals surface area contributed by atoms with Crippen molar-refractivity contribution in [3.05, 3.63) is 58.9 Å². The second-order valence-electron chi connectivity index (χ2n) is 5.93. The lowest BCUT2D eigenvalue weighted by Crippen LogP contribution is -2.34. The van der Waals surface area contributed by atoms with Gasteiger partial charge in [-0.25, -0.2) is 0 Å². The molecule has 1 aliphatic rings. The summed E-state index contributed by atoms with van der Waals surface area (Å²) >= 11 is 0. The van der Waals surface area contributed by atoms with Gasteiger partial charge in [-0.05, 0) is 30.2 Å². The molecule has 26 heavy (non-hydrogen) atoms. The van der Waals surface area contributed by atoms with Crippen LogP contribution in [0.15, 0.2) is 36.5 Å². The van der Waals surface area contributed by atoms with E-state index in [1.807, 2.05) is 0 Å². The summed E-state index contributed by atoms with van der Waals surface area (Å²) in [6, 6.07) is 5.83. The molecule has 138 valence electrons. The van der Waals surface area contributed by atoms with Crippen molar-refractivity contribution in [1.82, 2.24) is 4.98 Å². The van der Waals surface area contributed by atoms with E-state index in [9.17, 15) is 31.9 Å². The molecule has 0 saturated heterocycles. The van der Waals surface area contributed by atoms with Gasteiger partial charge in [0.05, 0.1) is 23.9 Å². The molecule has 1 amide bonds. The monoisotopic (exact) mass is 372 g/mol. The molecule has 2 aromatic rings. The Kier molecular flexibility index (Phi) is 4.22. The molecule has 0 aliphatic carbocycles. The van der Waals surface area contributed by atoms with Crippen LogP contribution in [0.5, 0.6) is 0 Å². The third-order valence-electron chi connectivity index (χ3n) is 4.10. The van der Waals surface area contributed by atoms with E-state index in [1.165, 1.54) is 25.1 Å². The first kappa shape index (κ1) is 18.2. The van der Waals surface area contributed by atoms with Crippen LogP contribution in [0.4, 0.5) is 27.6 Å². The Morgan fingerprint density at radius 2 is 1.92 bits per heavy atom. The number of halogens is 5. The SMILES string of the molecule is C[C@H](O)c1cccc2c1C(F)(F)C(=O)N2Cc1ccc(C(F)(F)F)nc1. The Balaban J connectivity index is 1.98. The third kappa shape index (κ3) is 2.92. The third-order valence-corrected chi connectivity index (χ3v) is 4.10. The van der Waals surface area contributed by atoms with Crippen molar-refractivity contribution in [3.63, 3.8) is 0 Å². The number of pyridine rings is 1. The molecule has 1 aromatic heterocycles. The standard InChI is InChI=1S/C17H13F5N2O2/c1-9(25)11-3-2-4-12-14(11)16(18,19)15(26)24(12)8-10-5-6-13(23-7-10)17(20,21)22/h2-7,9,25H,8H2,1H3/t9-/m0/s1. The van der Waals surface area contributed by atoms with Crippen LogP contribution < -0.4 is 4.90 Å². The fraction of sp³-hybridized carbons (Fsp3) is 0.294. The maximum absolute atomic E-state index is 14.5. The number of aliphatic hydroxyl groups is 1. The number of amides is 1. The highest BCUT2D eigenvalue weighted by atomic mass is 19.4. The lowest BCUT2D eigenvalue weighted by atomic mass is 9.98. The lowest BCUT2D eigenvalue weighted by molar-refractivity contribution is -0.142. The molecule has 0 saturated carbocycles. The molecule has 3 rings (SSSR count). The number of nitrogens with zero attached hydrogens (tertiary/aromatic N) is 2. The zero-order valence-corrected chi connectivity index (χ0v) is 13.4. The number of anilines is 1. The number of hydrogen-bond acceptors (Lipinski definition) is 3. The van der Waals surface area contributed by atoms with Gasteiger partial charge in [0, 0.05) is 6.20 Å². The predicted molar refractivity (Wildman–Crippen MR) is 81.4 cm³/mol. The first-order valence-electron chi connectivity index (χ1n) is 7.57. The van der Waals surface area contributed by atoms with Crippen LogP contribution in [-0.4, -0.2) is 16.0 Å². The summed E-state index contributed by atoms with van der Waals surface area (Å²) in [6.07, 6.45) is -4.94. The highest BCUT2D eigenvalue weighted by molar-refractivity contribution is 6.06. The van der Waals surface area contributed by atoms with Crippen molar-refractivity contribution in [3.8, 4) is 0 Å². The van der Waals surface area contributed by atoms with E-state index >= 15 is 0 Å². The van der Waals surface area contributed by atoms with Gasteiger partial charge in [0.2, 0.25) is 0 Å². The molecule has 1 aromatic carbocycles. The van der Waals surface area contributed by atoms with Crippen LogP contribution >= 0.6 is 0 Å². The first-order chi connectivity index (χ1) is 12.0. The molecule has 4 nitrogen and oxygen atoms in total. The minimum absolute atomic E-state index is 0.0751. The summed E-state index contributed by atoms with van der Waals surface area (Å²) in [5, 5.41) is 9.71. The lowest BCUT2D eigenvalue weighted by Gasteiger charge is -2.18. The number of rotatable bonds is 3. The summed E-state index contributed by atoms with van der Waals surface area (Å²) < 4.78 is 66.6. The van der Waals surface area contributed by atoms with Crippen LogP contribution in [0.3, 0.4) is 0 Å². The van der Waals surface area contributed by atoms with E-state index in [4.69, 9.17) is 0 Å². The fourth-order valence-corrected chi connectivity index (χ4v) is 2.88. The zero-order chi connectivity index (χ0) is 19.3. The predicted octanol–water partition coefficient (Wildman–Crippen LogP) is 3.79. The Labute approximate surface area is 144 Å². The van der Waals surface area contributed by atoms with Gasteiger partial charge in [-0.2, -0.15) is 22.0 Å². The molecule has 1 N–H and O–H groups in total. The molecule has 0 bridgehead atoms. The summed E-state index contributed by atoms with van der Waals surface area (Å²) in [6.45, 7) is 0.939. The Bertz CT molecular complexity index is 847. The van der Waals surface area contributed by atoms with Crippen molar-refractivity contribution >= 4 is 11.6 Å². The number of hydrogen-bond donors (Lipinski definition) is 1. The molecular formula is C17H13F5N2O2. The maximum Gasteiger partial charge on any atom is 0.433 e. The van der Waals surface area contributed by atoms with Crippen LogP contribution in [-0.2, 0) is 23.4 Å². The summed E-state index contributed by atoms with van der Waals surface area (Å²) in [4.78, 5) is 16.2. The molecule has 1 aliphatic heterocycles. The van der Waals surface area contributed by atoms with E-state index in [1.54, 1.807) is 0 Å². The van der Waals surface area contributed by atoms with Gasteiger partial charge in [-0.3, -0.25) is 9.78 Å². The van der Waals surface area contributed by atoms with Crippen LogP contribution in [0.1, 0.15) is 35.4 Å². The largest absolute Gasteiger partial charge is 0.433 e. The minimum atomic E-state index is -4.62. The number of fused-ring (bicyclic) bond motifs is 1.